The number of phenolic OH excluding ortho intramolecular Hbond substituents is 1. The SMILES string of the molecule is CCCCCCCCOc1cc(C#Cc2ccc(C)cc2)nc(C#Cc2cc(CCCCC)cc(C#Cc3ccc(C)cc3)c2O)c1. The van der Waals surface area contributed by atoms with Crippen molar-refractivity contribution in [1.29, 1.82) is 0 Å². The molecule has 0 saturated carbocycles. The molecule has 3 heteroatoms. The van der Waals surface area contributed by atoms with Gasteiger partial charge in [-0.3, -0.25) is 0 Å². The van der Waals surface area contributed by atoms with E-state index < -0.39 is 0 Å². The Balaban J connectivity index is 1.64. The van der Waals surface area contributed by atoms with Crippen LogP contribution in [0.1, 0.15) is 122 Å². The lowest BCUT2D eigenvalue weighted by Gasteiger charge is -2.08. The normalized spacial score (nSPS) is 10.2. The minimum Gasteiger partial charge on any atom is -0.505 e. The van der Waals surface area contributed by atoms with E-state index in [0.29, 0.717) is 34.9 Å². The Bertz CT molecular complexity index is 1780. The fourth-order valence-corrected chi connectivity index (χ4v) is 5.08. The maximum absolute atomic E-state index is 11.3. The molecule has 0 aliphatic rings. The van der Waals surface area contributed by atoms with Crippen LogP contribution < -0.4 is 4.74 Å². The summed E-state index contributed by atoms with van der Waals surface area (Å²) in [7, 11) is 0. The Kier molecular flexibility index (Phi) is 14.1. The maximum Gasteiger partial charge on any atom is 0.146 e. The number of aryl methyl sites for hydroxylation is 3. The molecule has 1 aromatic heterocycles. The lowest BCUT2D eigenvalue weighted by Crippen LogP contribution is -2.00. The van der Waals surface area contributed by atoms with Gasteiger partial charge in [-0.25, -0.2) is 4.98 Å². The van der Waals surface area contributed by atoms with E-state index >= 15 is 0 Å². The zero-order chi connectivity index (χ0) is 33.3. The molecule has 240 valence electrons. The molecule has 0 saturated heterocycles. The molecule has 0 unspecified atom stereocenters. The number of nitrogens with zero attached hydrogens (tertiary/aromatic N) is 1. The quantitative estimate of drug-likeness (QED) is 0.126. The molecule has 3 nitrogen and oxygen atoms in total. The number of unbranched alkanes of at least 4 members (excludes halogenated alkanes) is 7. The number of benzene rings is 3. The van der Waals surface area contributed by atoms with Gasteiger partial charge < -0.3 is 9.84 Å². The van der Waals surface area contributed by atoms with Crippen molar-refractivity contribution in [3.8, 4) is 47.0 Å². The fraction of sp³-hybridized carbons (Fsp3) is 0.341. The standard InChI is InChI=1S/C44H47NO2/c1-5-7-9-10-11-13-29-47-43-32-41(27-24-37-21-17-35(4)18-22-37)45-42(33-43)28-26-40-31-38(14-12-8-6-2)30-39(44(40)46)25-23-36-19-15-34(3)16-20-36/h15-22,30-33,46H,5-14,29H2,1-4H3. The van der Waals surface area contributed by atoms with Crippen LogP contribution in [0.15, 0.2) is 72.8 Å². The van der Waals surface area contributed by atoms with E-state index in [1.54, 1.807) is 0 Å². The van der Waals surface area contributed by atoms with E-state index in [4.69, 9.17) is 9.72 Å². The molecule has 1 N–H and O–H groups in total. The average Bonchev–Trinajstić information content (AvgIpc) is 3.08. The number of ether oxygens (including phenoxy) is 1. The second-order valence-corrected chi connectivity index (χ2v) is 12.2. The van der Waals surface area contributed by atoms with Crippen LogP contribution in [0.3, 0.4) is 0 Å². The summed E-state index contributed by atoms with van der Waals surface area (Å²) in [5.41, 5.74) is 7.58. The van der Waals surface area contributed by atoms with E-state index in [1.165, 1.54) is 36.8 Å². The third kappa shape index (κ3) is 12.1. The number of aromatic nitrogens is 1. The van der Waals surface area contributed by atoms with Crippen LogP contribution in [0.25, 0.3) is 0 Å². The summed E-state index contributed by atoms with van der Waals surface area (Å²) in [6, 6.07) is 23.9. The van der Waals surface area contributed by atoms with Gasteiger partial charge in [-0.05, 0) is 86.9 Å². The Morgan fingerprint density at radius 2 is 1.06 bits per heavy atom. The molecule has 4 rings (SSSR count). The van der Waals surface area contributed by atoms with Crippen LogP contribution in [-0.2, 0) is 6.42 Å². The number of aromatic hydroxyl groups is 1. The predicted molar refractivity (Wildman–Crippen MR) is 195 cm³/mol. The van der Waals surface area contributed by atoms with Gasteiger partial charge in [0.2, 0.25) is 0 Å². The summed E-state index contributed by atoms with van der Waals surface area (Å²) in [4.78, 5) is 4.74. The van der Waals surface area contributed by atoms with Gasteiger partial charge in [-0.2, -0.15) is 0 Å². The molecule has 0 radical (unpaired) electrons. The Labute approximate surface area is 282 Å². The monoisotopic (exact) mass is 621 g/mol. The molecule has 3 aromatic carbocycles. The molecule has 47 heavy (non-hydrogen) atoms. The lowest BCUT2D eigenvalue weighted by atomic mass is 9.99. The molecule has 0 atom stereocenters. The maximum atomic E-state index is 11.3. The first-order chi connectivity index (χ1) is 22.9. The molecule has 0 bridgehead atoms. The number of rotatable bonds is 12. The molecule has 0 aliphatic heterocycles. The topological polar surface area (TPSA) is 42.4 Å². The van der Waals surface area contributed by atoms with Gasteiger partial charge in [0.05, 0.1) is 17.7 Å². The summed E-state index contributed by atoms with van der Waals surface area (Å²) in [5.74, 6) is 20.0. The molecule has 0 fully saturated rings. The zero-order valence-electron chi connectivity index (χ0n) is 28.5. The van der Waals surface area contributed by atoms with Crippen LogP contribution in [0.5, 0.6) is 11.5 Å². The van der Waals surface area contributed by atoms with Crippen molar-refractivity contribution in [1.82, 2.24) is 4.98 Å². The van der Waals surface area contributed by atoms with Gasteiger partial charge >= 0.3 is 0 Å². The molecular weight excluding hydrogens is 574 g/mol. The Morgan fingerprint density at radius 1 is 0.574 bits per heavy atom. The van der Waals surface area contributed by atoms with Crippen molar-refractivity contribution >= 4 is 0 Å². The van der Waals surface area contributed by atoms with Gasteiger partial charge in [0, 0.05) is 23.3 Å². The van der Waals surface area contributed by atoms with Crippen molar-refractivity contribution < 1.29 is 9.84 Å². The van der Waals surface area contributed by atoms with Gasteiger partial charge in [0.1, 0.15) is 22.9 Å². The van der Waals surface area contributed by atoms with Gasteiger partial charge in [-0.1, -0.05) is 118 Å². The predicted octanol–water partition coefficient (Wildman–Crippen LogP) is 10.1. The first-order valence-corrected chi connectivity index (χ1v) is 17.1. The first-order valence-electron chi connectivity index (χ1n) is 17.1. The summed E-state index contributed by atoms with van der Waals surface area (Å²) in [5, 5.41) is 11.3. The van der Waals surface area contributed by atoms with E-state index in [-0.39, 0.29) is 5.75 Å². The summed E-state index contributed by atoms with van der Waals surface area (Å²) in [6.45, 7) is 9.19. The van der Waals surface area contributed by atoms with E-state index in [1.807, 2.05) is 60.7 Å². The Hall–Kier alpha value is -4.91. The molecule has 1 heterocycles. The Morgan fingerprint density at radius 3 is 1.66 bits per heavy atom. The zero-order valence-corrected chi connectivity index (χ0v) is 28.5. The van der Waals surface area contributed by atoms with Gasteiger partial charge in [0.15, 0.2) is 0 Å². The summed E-state index contributed by atoms with van der Waals surface area (Å²) < 4.78 is 6.17. The highest BCUT2D eigenvalue weighted by Crippen LogP contribution is 2.25. The van der Waals surface area contributed by atoms with E-state index in [0.717, 1.165) is 55.2 Å². The minimum absolute atomic E-state index is 0.0891. The van der Waals surface area contributed by atoms with Crippen LogP contribution in [0, 0.1) is 49.4 Å². The van der Waals surface area contributed by atoms with Crippen LogP contribution in [-0.4, -0.2) is 16.7 Å². The lowest BCUT2D eigenvalue weighted by molar-refractivity contribution is 0.304. The van der Waals surface area contributed by atoms with Crippen molar-refractivity contribution in [2.75, 3.05) is 6.61 Å². The average molecular weight is 622 g/mol. The first kappa shape index (κ1) is 35.0. The number of pyridine rings is 1. The van der Waals surface area contributed by atoms with Crippen molar-refractivity contribution in [3.05, 3.63) is 123 Å². The number of hydrogen-bond donors (Lipinski definition) is 1. The van der Waals surface area contributed by atoms with Crippen molar-refractivity contribution in [3.63, 3.8) is 0 Å². The smallest absolute Gasteiger partial charge is 0.146 e. The molecular formula is C44H47NO2. The van der Waals surface area contributed by atoms with Crippen molar-refractivity contribution in [2.45, 2.75) is 91.9 Å². The summed E-state index contributed by atoms with van der Waals surface area (Å²) in [6.07, 6.45) is 11.5. The van der Waals surface area contributed by atoms with Crippen LogP contribution >= 0.6 is 0 Å². The number of phenols is 1. The summed E-state index contributed by atoms with van der Waals surface area (Å²) >= 11 is 0. The number of hydrogen-bond acceptors (Lipinski definition) is 3. The second-order valence-electron chi connectivity index (χ2n) is 12.2. The van der Waals surface area contributed by atoms with E-state index in [2.05, 4.69) is 75.4 Å². The fourth-order valence-electron chi connectivity index (χ4n) is 5.08. The van der Waals surface area contributed by atoms with Crippen LogP contribution in [0.4, 0.5) is 0 Å². The molecule has 0 amide bonds. The van der Waals surface area contributed by atoms with Gasteiger partial charge in [0.25, 0.3) is 0 Å². The van der Waals surface area contributed by atoms with Gasteiger partial charge in [-0.15, -0.1) is 0 Å². The highest BCUT2D eigenvalue weighted by molar-refractivity contribution is 5.60. The van der Waals surface area contributed by atoms with Crippen molar-refractivity contribution in [2.24, 2.45) is 0 Å². The molecule has 4 aromatic rings. The molecule has 0 aliphatic carbocycles. The van der Waals surface area contributed by atoms with Crippen LogP contribution in [0.2, 0.25) is 0 Å². The van der Waals surface area contributed by atoms with E-state index in [9.17, 15) is 5.11 Å². The largest absolute Gasteiger partial charge is 0.505 e. The second kappa shape index (κ2) is 18.9. The third-order valence-electron chi connectivity index (χ3n) is 7.91. The highest BCUT2D eigenvalue weighted by Gasteiger charge is 2.09. The third-order valence-corrected chi connectivity index (χ3v) is 7.91. The molecule has 0 spiro atoms. The minimum atomic E-state index is 0.0891. The highest BCUT2D eigenvalue weighted by atomic mass is 16.5.